The summed E-state index contributed by atoms with van der Waals surface area (Å²) in [4.78, 5) is 12.6. The molecule has 0 amide bonds. The van der Waals surface area contributed by atoms with Crippen molar-refractivity contribution in [3.63, 3.8) is 0 Å². The lowest BCUT2D eigenvalue weighted by atomic mass is 10.0. The molecule has 0 heterocycles. The number of hydrogen-bond acceptors (Lipinski definition) is 3. The Kier molecular flexibility index (Phi) is 10.4. The van der Waals surface area contributed by atoms with Crippen LogP contribution in [0.25, 0.3) is 11.1 Å². The van der Waals surface area contributed by atoms with Crippen molar-refractivity contribution in [3.05, 3.63) is 96.6 Å². The highest BCUT2D eigenvalue weighted by molar-refractivity contribution is 5.91. The lowest BCUT2D eigenvalue weighted by Gasteiger charge is -2.09. The third kappa shape index (κ3) is 8.22. The lowest BCUT2D eigenvalue weighted by Crippen LogP contribution is -2.08. The second-order valence-electron chi connectivity index (χ2n) is 8.58. The van der Waals surface area contributed by atoms with Crippen molar-refractivity contribution in [2.24, 2.45) is 0 Å². The summed E-state index contributed by atoms with van der Waals surface area (Å²) in [7, 11) is 0. The van der Waals surface area contributed by atoms with Crippen LogP contribution in [0.2, 0.25) is 0 Å². The van der Waals surface area contributed by atoms with Gasteiger partial charge in [-0.25, -0.2) is 4.79 Å². The minimum Gasteiger partial charge on any atom is -0.494 e. The largest absolute Gasteiger partial charge is 0.494 e. The van der Waals surface area contributed by atoms with Gasteiger partial charge in [-0.2, -0.15) is 0 Å². The first-order valence-electron chi connectivity index (χ1n) is 12.4. The smallest absolute Gasteiger partial charge is 0.343 e. The van der Waals surface area contributed by atoms with E-state index in [0.717, 1.165) is 42.6 Å². The molecule has 0 aromatic heterocycles. The van der Waals surface area contributed by atoms with E-state index in [0.29, 0.717) is 17.9 Å². The molecule has 3 rings (SSSR count). The summed E-state index contributed by atoms with van der Waals surface area (Å²) in [5.74, 6) is 0.930. The fraction of sp³-hybridized carbons (Fsp3) is 0.323. The van der Waals surface area contributed by atoms with Crippen molar-refractivity contribution < 1.29 is 14.3 Å². The Morgan fingerprint density at radius 1 is 0.765 bits per heavy atom. The van der Waals surface area contributed by atoms with Crippen LogP contribution < -0.4 is 9.47 Å². The number of aryl methyl sites for hydroxylation is 1. The molecule has 3 aromatic rings. The van der Waals surface area contributed by atoms with Gasteiger partial charge in [-0.1, -0.05) is 68.7 Å². The number of allylic oxidation sites excluding steroid dienone is 1. The molecule has 0 spiro atoms. The molecule has 3 heteroatoms. The minimum atomic E-state index is -0.366. The van der Waals surface area contributed by atoms with Crippen molar-refractivity contribution in [1.29, 1.82) is 0 Å². The highest BCUT2D eigenvalue weighted by Gasteiger charge is 2.09. The average molecular weight is 457 g/mol. The molecule has 0 aliphatic rings. The number of carbonyl (C=O) groups is 1. The molecule has 0 saturated heterocycles. The fourth-order valence-electron chi connectivity index (χ4n) is 3.75. The standard InChI is InChI=1S/C31H36O3/c1-3-5-7-8-9-10-24-33-29-20-22-30(23-21-29)34-31(32)28-18-16-27(17-19-28)26-14-12-25(13-15-26)11-6-4-2/h3,12-23H,1,4-11,24H2,2H3. The number of hydrogen-bond donors (Lipinski definition) is 0. The summed E-state index contributed by atoms with van der Waals surface area (Å²) in [5.41, 5.74) is 4.12. The molecular formula is C31H36O3. The number of benzene rings is 3. The molecule has 0 bridgehead atoms. The van der Waals surface area contributed by atoms with Gasteiger partial charge < -0.3 is 9.47 Å². The Balaban J connectivity index is 1.46. The van der Waals surface area contributed by atoms with Crippen molar-refractivity contribution in [3.8, 4) is 22.6 Å². The van der Waals surface area contributed by atoms with Gasteiger partial charge in [-0.05, 0) is 85.2 Å². The first-order chi connectivity index (χ1) is 16.7. The topological polar surface area (TPSA) is 35.5 Å². The number of ether oxygens (including phenoxy) is 2. The van der Waals surface area contributed by atoms with E-state index in [1.807, 2.05) is 42.5 Å². The number of carbonyl (C=O) groups excluding carboxylic acids is 1. The summed E-state index contributed by atoms with van der Waals surface area (Å²) in [5, 5.41) is 0. The predicted molar refractivity (Wildman–Crippen MR) is 141 cm³/mol. The van der Waals surface area contributed by atoms with Crippen LogP contribution in [0.1, 0.15) is 67.8 Å². The van der Waals surface area contributed by atoms with Crippen molar-refractivity contribution >= 4 is 5.97 Å². The van der Waals surface area contributed by atoms with Gasteiger partial charge in [0.2, 0.25) is 0 Å². The van der Waals surface area contributed by atoms with Gasteiger partial charge in [-0.15, -0.1) is 6.58 Å². The molecule has 0 fully saturated rings. The number of rotatable bonds is 14. The van der Waals surface area contributed by atoms with Gasteiger partial charge >= 0.3 is 5.97 Å². The maximum atomic E-state index is 12.6. The Bertz CT molecular complexity index is 1000. The van der Waals surface area contributed by atoms with Crippen LogP contribution in [-0.2, 0) is 6.42 Å². The summed E-state index contributed by atoms with van der Waals surface area (Å²) < 4.78 is 11.3. The van der Waals surface area contributed by atoms with E-state index in [4.69, 9.17) is 9.47 Å². The van der Waals surface area contributed by atoms with E-state index in [1.165, 1.54) is 31.2 Å². The van der Waals surface area contributed by atoms with E-state index in [2.05, 4.69) is 37.8 Å². The summed E-state index contributed by atoms with van der Waals surface area (Å²) in [6.07, 6.45) is 11.2. The van der Waals surface area contributed by atoms with Gasteiger partial charge in [0.25, 0.3) is 0 Å². The van der Waals surface area contributed by atoms with Crippen LogP contribution in [0.15, 0.2) is 85.5 Å². The molecule has 0 aliphatic heterocycles. The highest BCUT2D eigenvalue weighted by atomic mass is 16.5. The summed E-state index contributed by atoms with van der Waals surface area (Å²) >= 11 is 0. The SMILES string of the molecule is C=CCCCCCCOc1ccc(OC(=O)c2ccc(-c3ccc(CCCC)cc3)cc2)cc1. The molecule has 0 aliphatic carbocycles. The molecule has 0 saturated carbocycles. The molecule has 34 heavy (non-hydrogen) atoms. The van der Waals surface area contributed by atoms with Gasteiger partial charge in [0.1, 0.15) is 11.5 Å². The molecule has 0 radical (unpaired) electrons. The minimum absolute atomic E-state index is 0.366. The second-order valence-corrected chi connectivity index (χ2v) is 8.58. The van der Waals surface area contributed by atoms with E-state index in [-0.39, 0.29) is 5.97 Å². The monoisotopic (exact) mass is 456 g/mol. The zero-order valence-corrected chi connectivity index (χ0v) is 20.3. The van der Waals surface area contributed by atoms with Crippen molar-refractivity contribution in [2.45, 2.75) is 58.3 Å². The van der Waals surface area contributed by atoms with Crippen LogP contribution in [0.3, 0.4) is 0 Å². The van der Waals surface area contributed by atoms with Crippen molar-refractivity contribution in [1.82, 2.24) is 0 Å². The summed E-state index contributed by atoms with van der Waals surface area (Å²) in [6, 6.07) is 23.4. The van der Waals surface area contributed by atoms with Crippen LogP contribution >= 0.6 is 0 Å². The fourth-order valence-corrected chi connectivity index (χ4v) is 3.75. The van der Waals surface area contributed by atoms with E-state index < -0.39 is 0 Å². The summed E-state index contributed by atoms with van der Waals surface area (Å²) in [6.45, 7) is 6.65. The normalized spacial score (nSPS) is 10.6. The maximum absolute atomic E-state index is 12.6. The predicted octanol–water partition coefficient (Wildman–Crippen LogP) is 8.43. The Morgan fingerprint density at radius 2 is 1.38 bits per heavy atom. The molecule has 178 valence electrons. The number of esters is 1. The van der Waals surface area contributed by atoms with Gasteiger partial charge in [0.15, 0.2) is 0 Å². The van der Waals surface area contributed by atoms with E-state index in [1.54, 1.807) is 12.1 Å². The third-order valence-electron chi connectivity index (χ3n) is 5.83. The van der Waals surface area contributed by atoms with E-state index in [9.17, 15) is 4.79 Å². The zero-order valence-electron chi connectivity index (χ0n) is 20.3. The van der Waals surface area contributed by atoms with Gasteiger partial charge in [0.05, 0.1) is 12.2 Å². The van der Waals surface area contributed by atoms with Crippen LogP contribution in [-0.4, -0.2) is 12.6 Å². The van der Waals surface area contributed by atoms with Gasteiger partial charge in [0, 0.05) is 0 Å². The first kappa shape index (κ1) is 25.3. The Labute approximate surface area is 204 Å². The lowest BCUT2D eigenvalue weighted by molar-refractivity contribution is 0.0734. The molecule has 0 atom stereocenters. The quantitative estimate of drug-likeness (QED) is 0.106. The third-order valence-corrected chi connectivity index (χ3v) is 5.83. The zero-order chi connectivity index (χ0) is 24.0. The number of unbranched alkanes of at least 4 members (excludes halogenated alkanes) is 5. The Morgan fingerprint density at radius 3 is 2.03 bits per heavy atom. The van der Waals surface area contributed by atoms with Crippen LogP contribution in [0, 0.1) is 0 Å². The van der Waals surface area contributed by atoms with Crippen molar-refractivity contribution in [2.75, 3.05) is 6.61 Å². The average Bonchev–Trinajstić information content (AvgIpc) is 2.88. The first-order valence-corrected chi connectivity index (χ1v) is 12.4. The van der Waals surface area contributed by atoms with Crippen LogP contribution in [0.4, 0.5) is 0 Å². The van der Waals surface area contributed by atoms with Crippen LogP contribution in [0.5, 0.6) is 11.5 Å². The Hall–Kier alpha value is -3.33. The molecule has 0 N–H and O–H groups in total. The second kappa shape index (κ2) is 14.0. The highest BCUT2D eigenvalue weighted by Crippen LogP contribution is 2.23. The van der Waals surface area contributed by atoms with E-state index >= 15 is 0 Å². The molecule has 3 aromatic carbocycles. The molecule has 3 nitrogen and oxygen atoms in total. The van der Waals surface area contributed by atoms with Gasteiger partial charge in [-0.3, -0.25) is 0 Å². The maximum Gasteiger partial charge on any atom is 0.343 e. The molecule has 0 unspecified atom stereocenters. The molecular weight excluding hydrogens is 420 g/mol.